The normalized spacial score (nSPS) is 11.0. The molecule has 1 aromatic carbocycles. The van der Waals surface area contributed by atoms with Crippen molar-refractivity contribution in [1.29, 1.82) is 0 Å². The van der Waals surface area contributed by atoms with E-state index in [1.165, 1.54) is 0 Å². The number of benzene rings is 1. The number of ether oxygens (including phenoxy) is 1. The van der Waals surface area contributed by atoms with Crippen LogP contribution < -0.4 is 10.1 Å². The van der Waals surface area contributed by atoms with Crippen molar-refractivity contribution in [3.8, 4) is 11.4 Å². The summed E-state index contributed by atoms with van der Waals surface area (Å²) in [4.78, 5) is 0. The zero-order valence-corrected chi connectivity index (χ0v) is 12.9. The Morgan fingerprint density at radius 2 is 2.00 bits per heavy atom. The van der Waals surface area contributed by atoms with Crippen molar-refractivity contribution in [3.05, 3.63) is 30.1 Å². The predicted molar refractivity (Wildman–Crippen MR) is 81.5 cm³/mol. The average molecular weight is 289 g/mol. The topological polar surface area (TPSA) is 64.9 Å². The van der Waals surface area contributed by atoms with E-state index in [1.807, 2.05) is 24.3 Å². The molecule has 2 aromatic rings. The van der Waals surface area contributed by atoms with E-state index >= 15 is 0 Å². The molecular weight excluding hydrogens is 266 g/mol. The van der Waals surface area contributed by atoms with Crippen molar-refractivity contribution in [2.24, 2.45) is 5.92 Å². The second kappa shape index (κ2) is 7.73. The van der Waals surface area contributed by atoms with Crippen molar-refractivity contribution in [2.75, 3.05) is 13.2 Å². The fourth-order valence-corrected chi connectivity index (χ4v) is 1.89. The van der Waals surface area contributed by atoms with Crippen LogP contribution in [0.2, 0.25) is 0 Å². The lowest BCUT2D eigenvalue weighted by atomic mass is 10.2. The minimum Gasteiger partial charge on any atom is -0.494 e. The van der Waals surface area contributed by atoms with Gasteiger partial charge in [0.1, 0.15) is 5.75 Å². The Morgan fingerprint density at radius 1 is 1.24 bits per heavy atom. The van der Waals surface area contributed by atoms with Crippen LogP contribution in [0, 0.1) is 5.92 Å². The van der Waals surface area contributed by atoms with E-state index in [1.54, 1.807) is 4.68 Å². The van der Waals surface area contributed by atoms with E-state index in [0.29, 0.717) is 12.5 Å². The number of nitrogens with one attached hydrogen (secondary N) is 1. The molecule has 0 fully saturated rings. The zero-order valence-electron chi connectivity index (χ0n) is 12.9. The van der Waals surface area contributed by atoms with E-state index in [4.69, 9.17) is 4.74 Å². The van der Waals surface area contributed by atoms with Gasteiger partial charge < -0.3 is 10.1 Å². The van der Waals surface area contributed by atoms with E-state index in [9.17, 15) is 0 Å². The summed E-state index contributed by atoms with van der Waals surface area (Å²) in [5.41, 5.74) is 0.935. The maximum absolute atomic E-state index is 5.58. The highest BCUT2D eigenvalue weighted by molar-refractivity contribution is 5.37. The van der Waals surface area contributed by atoms with Crippen LogP contribution in [0.25, 0.3) is 5.69 Å². The Bertz CT molecular complexity index is 535. The van der Waals surface area contributed by atoms with Crippen LogP contribution in [-0.4, -0.2) is 33.4 Å². The highest BCUT2D eigenvalue weighted by Gasteiger charge is 2.08. The monoisotopic (exact) mass is 289 g/mol. The summed E-state index contributed by atoms with van der Waals surface area (Å²) >= 11 is 0. The molecule has 0 atom stereocenters. The molecule has 6 heteroatoms. The van der Waals surface area contributed by atoms with Crippen molar-refractivity contribution in [1.82, 2.24) is 25.5 Å². The lowest BCUT2D eigenvalue weighted by Crippen LogP contribution is -2.21. The third-order valence-corrected chi connectivity index (χ3v) is 2.92. The summed E-state index contributed by atoms with van der Waals surface area (Å²) in [6.45, 7) is 8.76. The molecule has 6 nitrogen and oxygen atoms in total. The second-order valence-corrected chi connectivity index (χ2v) is 5.37. The van der Waals surface area contributed by atoms with Gasteiger partial charge in [0.2, 0.25) is 0 Å². The number of nitrogens with zero attached hydrogens (tertiary/aromatic N) is 4. The summed E-state index contributed by atoms with van der Waals surface area (Å²) in [6.07, 6.45) is 1.00. The van der Waals surface area contributed by atoms with E-state index in [0.717, 1.165) is 36.8 Å². The second-order valence-electron chi connectivity index (χ2n) is 5.37. The molecule has 114 valence electrons. The van der Waals surface area contributed by atoms with Gasteiger partial charge in [0.15, 0.2) is 5.82 Å². The minimum atomic E-state index is 0.601. The summed E-state index contributed by atoms with van der Waals surface area (Å²) in [6, 6.07) is 7.82. The molecule has 0 saturated heterocycles. The smallest absolute Gasteiger partial charge is 0.170 e. The van der Waals surface area contributed by atoms with Crippen LogP contribution in [0.3, 0.4) is 0 Å². The third kappa shape index (κ3) is 4.53. The molecule has 0 unspecified atom stereocenters. The van der Waals surface area contributed by atoms with Gasteiger partial charge in [0.05, 0.1) is 18.8 Å². The fourth-order valence-electron chi connectivity index (χ4n) is 1.89. The van der Waals surface area contributed by atoms with Gasteiger partial charge in [-0.2, -0.15) is 4.68 Å². The fraction of sp³-hybridized carbons (Fsp3) is 0.533. The highest BCUT2D eigenvalue weighted by Crippen LogP contribution is 2.15. The molecule has 1 N–H and O–H groups in total. The van der Waals surface area contributed by atoms with E-state index in [-0.39, 0.29) is 0 Å². The molecule has 2 rings (SSSR count). The predicted octanol–water partition coefficient (Wildman–Crippen LogP) is 2.20. The van der Waals surface area contributed by atoms with Gasteiger partial charge in [-0.3, -0.25) is 0 Å². The molecule has 0 aliphatic rings. The Labute approximate surface area is 125 Å². The molecule has 0 radical (unpaired) electrons. The number of tetrazole rings is 1. The van der Waals surface area contributed by atoms with Crippen LogP contribution in [0.15, 0.2) is 24.3 Å². The maximum Gasteiger partial charge on any atom is 0.170 e. The largest absolute Gasteiger partial charge is 0.494 e. The summed E-state index contributed by atoms with van der Waals surface area (Å²) in [5, 5.41) is 15.2. The van der Waals surface area contributed by atoms with E-state index in [2.05, 4.69) is 41.6 Å². The summed E-state index contributed by atoms with van der Waals surface area (Å²) in [5.74, 6) is 2.27. The number of rotatable bonds is 8. The summed E-state index contributed by atoms with van der Waals surface area (Å²) < 4.78 is 7.32. The molecule has 1 heterocycles. The molecule has 21 heavy (non-hydrogen) atoms. The van der Waals surface area contributed by atoms with Crippen LogP contribution in [0.1, 0.15) is 33.0 Å². The Kier molecular flexibility index (Phi) is 5.68. The van der Waals surface area contributed by atoms with E-state index < -0.39 is 0 Å². The van der Waals surface area contributed by atoms with Crippen molar-refractivity contribution >= 4 is 0 Å². The standard InChI is InChI=1S/C15H23N5O/c1-4-9-21-14-7-5-13(6-8-14)20-15(17-18-19-20)11-16-10-12(2)3/h5-8,12,16H,4,9-11H2,1-3H3. The first kappa shape index (κ1) is 15.4. The van der Waals surface area contributed by atoms with Crippen molar-refractivity contribution in [3.63, 3.8) is 0 Å². The summed E-state index contributed by atoms with van der Waals surface area (Å²) in [7, 11) is 0. The first-order valence-corrected chi connectivity index (χ1v) is 7.42. The van der Waals surface area contributed by atoms with Crippen LogP contribution >= 0.6 is 0 Å². The van der Waals surface area contributed by atoms with Crippen LogP contribution in [0.4, 0.5) is 0 Å². The first-order chi connectivity index (χ1) is 10.2. The molecule has 0 spiro atoms. The molecule has 0 bridgehead atoms. The average Bonchev–Trinajstić information content (AvgIpc) is 2.94. The van der Waals surface area contributed by atoms with Crippen molar-refractivity contribution in [2.45, 2.75) is 33.7 Å². The number of aromatic nitrogens is 4. The van der Waals surface area contributed by atoms with Crippen LogP contribution in [0.5, 0.6) is 5.75 Å². The Hall–Kier alpha value is -1.95. The number of hydrogen-bond acceptors (Lipinski definition) is 5. The maximum atomic E-state index is 5.58. The van der Waals surface area contributed by atoms with Gasteiger partial charge in [-0.1, -0.05) is 20.8 Å². The first-order valence-electron chi connectivity index (χ1n) is 7.42. The SMILES string of the molecule is CCCOc1ccc(-n2nnnc2CNCC(C)C)cc1. The highest BCUT2D eigenvalue weighted by atomic mass is 16.5. The van der Waals surface area contributed by atoms with Gasteiger partial charge in [-0.15, -0.1) is 5.10 Å². The zero-order chi connectivity index (χ0) is 15.1. The lowest BCUT2D eigenvalue weighted by Gasteiger charge is -2.09. The van der Waals surface area contributed by atoms with Gasteiger partial charge >= 0.3 is 0 Å². The third-order valence-electron chi connectivity index (χ3n) is 2.92. The van der Waals surface area contributed by atoms with Crippen molar-refractivity contribution < 1.29 is 4.74 Å². The quantitative estimate of drug-likeness (QED) is 0.807. The van der Waals surface area contributed by atoms with Crippen LogP contribution in [-0.2, 0) is 6.54 Å². The molecule has 0 aliphatic carbocycles. The van der Waals surface area contributed by atoms with Gasteiger partial charge in [-0.05, 0) is 53.6 Å². The van der Waals surface area contributed by atoms with Gasteiger partial charge in [0.25, 0.3) is 0 Å². The molecular formula is C15H23N5O. The van der Waals surface area contributed by atoms with Gasteiger partial charge in [0, 0.05) is 0 Å². The minimum absolute atomic E-state index is 0.601. The molecule has 0 saturated carbocycles. The Morgan fingerprint density at radius 3 is 2.67 bits per heavy atom. The molecule has 0 aliphatic heterocycles. The van der Waals surface area contributed by atoms with Gasteiger partial charge in [-0.25, -0.2) is 0 Å². The lowest BCUT2D eigenvalue weighted by molar-refractivity contribution is 0.317. The number of hydrogen-bond donors (Lipinski definition) is 1. The molecule has 0 amide bonds. The molecule has 1 aromatic heterocycles. The Balaban J connectivity index is 2.02.